The van der Waals surface area contributed by atoms with Crippen molar-refractivity contribution in [1.29, 1.82) is 0 Å². The Morgan fingerprint density at radius 3 is 2.95 bits per heavy atom. The highest BCUT2D eigenvalue weighted by molar-refractivity contribution is 6.33. The Bertz CT molecular complexity index is 493. The molecule has 1 heterocycles. The van der Waals surface area contributed by atoms with E-state index in [4.69, 9.17) is 16.3 Å². The molecule has 4 nitrogen and oxygen atoms in total. The van der Waals surface area contributed by atoms with Gasteiger partial charge in [0.05, 0.1) is 16.8 Å². The SMILES string of the molecule is CCN(CC1CCCCO1)C(=O)Nc1ccc(F)cc1Cl. The molecule has 2 amide bonds. The summed E-state index contributed by atoms with van der Waals surface area (Å²) in [5.41, 5.74) is 0.408. The third-order valence-corrected chi connectivity index (χ3v) is 3.85. The van der Waals surface area contributed by atoms with Crippen LogP contribution in [-0.4, -0.2) is 36.7 Å². The molecule has 1 atom stereocenters. The molecule has 0 bridgehead atoms. The van der Waals surface area contributed by atoms with Crippen LogP contribution in [0.4, 0.5) is 14.9 Å². The molecule has 6 heteroatoms. The Kier molecular flexibility index (Phi) is 5.82. The van der Waals surface area contributed by atoms with Crippen molar-refractivity contribution >= 4 is 23.3 Å². The number of halogens is 2. The molecule has 0 aromatic heterocycles. The van der Waals surface area contributed by atoms with Crippen LogP contribution in [-0.2, 0) is 4.74 Å². The molecule has 116 valence electrons. The van der Waals surface area contributed by atoms with Crippen molar-refractivity contribution in [2.75, 3.05) is 25.0 Å². The second-order valence-corrected chi connectivity index (χ2v) is 5.49. The summed E-state index contributed by atoms with van der Waals surface area (Å²) < 4.78 is 18.6. The molecule has 1 aliphatic heterocycles. The van der Waals surface area contributed by atoms with E-state index < -0.39 is 5.82 Å². The molecule has 1 fully saturated rings. The molecule has 0 saturated carbocycles. The summed E-state index contributed by atoms with van der Waals surface area (Å²) >= 11 is 5.92. The van der Waals surface area contributed by atoms with Gasteiger partial charge in [-0.3, -0.25) is 0 Å². The van der Waals surface area contributed by atoms with Crippen LogP contribution >= 0.6 is 11.6 Å². The van der Waals surface area contributed by atoms with Crippen LogP contribution in [0.3, 0.4) is 0 Å². The lowest BCUT2D eigenvalue weighted by atomic mass is 10.1. The summed E-state index contributed by atoms with van der Waals surface area (Å²) in [5.74, 6) is -0.430. The number of anilines is 1. The first kappa shape index (κ1) is 16.0. The topological polar surface area (TPSA) is 41.6 Å². The number of likely N-dealkylation sites (N-methyl/N-ethyl adjacent to an activating group) is 1. The highest BCUT2D eigenvalue weighted by Gasteiger charge is 2.21. The zero-order chi connectivity index (χ0) is 15.2. The smallest absolute Gasteiger partial charge is 0.321 e. The van der Waals surface area contributed by atoms with E-state index >= 15 is 0 Å². The van der Waals surface area contributed by atoms with Crippen LogP contribution < -0.4 is 5.32 Å². The summed E-state index contributed by atoms with van der Waals surface area (Å²) in [5, 5.41) is 2.90. The first-order valence-corrected chi connectivity index (χ1v) is 7.60. The summed E-state index contributed by atoms with van der Waals surface area (Å²) in [4.78, 5) is 13.9. The Labute approximate surface area is 129 Å². The summed E-state index contributed by atoms with van der Waals surface area (Å²) in [7, 11) is 0. The van der Waals surface area contributed by atoms with Gasteiger partial charge in [0.15, 0.2) is 0 Å². The first-order valence-electron chi connectivity index (χ1n) is 7.22. The van der Waals surface area contributed by atoms with E-state index in [0.717, 1.165) is 25.9 Å². The minimum atomic E-state index is -0.430. The molecule has 1 aliphatic rings. The summed E-state index contributed by atoms with van der Waals surface area (Å²) in [6, 6.07) is 3.65. The van der Waals surface area contributed by atoms with Gasteiger partial charge in [0.1, 0.15) is 5.82 Å². The van der Waals surface area contributed by atoms with Crippen LogP contribution in [0.15, 0.2) is 18.2 Å². The second kappa shape index (κ2) is 7.61. The fraction of sp³-hybridized carbons (Fsp3) is 0.533. The van der Waals surface area contributed by atoms with E-state index in [0.29, 0.717) is 18.8 Å². The van der Waals surface area contributed by atoms with E-state index in [1.807, 2.05) is 6.92 Å². The van der Waals surface area contributed by atoms with Gasteiger partial charge in [0.2, 0.25) is 0 Å². The van der Waals surface area contributed by atoms with Crippen molar-refractivity contribution in [3.8, 4) is 0 Å². The number of rotatable bonds is 4. The molecular weight excluding hydrogens is 295 g/mol. The molecule has 0 spiro atoms. The lowest BCUT2D eigenvalue weighted by molar-refractivity contribution is 0.00221. The fourth-order valence-electron chi connectivity index (χ4n) is 2.34. The number of hydrogen-bond acceptors (Lipinski definition) is 2. The maximum atomic E-state index is 13.0. The molecule has 2 rings (SSSR count). The Balaban J connectivity index is 1.95. The van der Waals surface area contributed by atoms with E-state index in [-0.39, 0.29) is 17.2 Å². The van der Waals surface area contributed by atoms with E-state index in [9.17, 15) is 9.18 Å². The minimum Gasteiger partial charge on any atom is -0.376 e. The Hall–Kier alpha value is -1.33. The van der Waals surface area contributed by atoms with Gasteiger partial charge < -0.3 is 15.0 Å². The number of nitrogens with zero attached hydrogens (tertiary/aromatic N) is 1. The van der Waals surface area contributed by atoms with Crippen molar-refractivity contribution in [3.05, 3.63) is 29.0 Å². The maximum absolute atomic E-state index is 13.0. The standard InChI is InChI=1S/C15H20ClFN2O2/c1-2-19(10-12-5-3-4-8-21-12)15(20)18-14-7-6-11(17)9-13(14)16/h6-7,9,12H,2-5,8,10H2,1H3,(H,18,20). The third kappa shape index (κ3) is 4.58. The van der Waals surface area contributed by atoms with Crippen molar-refractivity contribution in [3.63, 3.8) is 0 Å². The van der Waals surface area contributed by atoms with Gasteiger partial charge in [-0.1, -0.05) is 11.6 Å². The quantitative estimate of drug-likeness (QED) is 0.915. The zero-order valence-corrected chi connectivity index (χ0v) is 12.8. The maximum Gasteiger partial charge on any atom is 0.321 e. The Morgan fingerprint density at radius 1 is 1.52 bits per heavy atom. The number of ether oxygens (including phenoxy) is 1. The van der Waals surface area contributed by atoms with Gasteiger partial charge in [0.25, 0.3) is 0 Å². The van der Waals surface area contributed by atoms with Crippen molar-refractivity contribution < 1.29 is 13.9 Å². The zero-order valence-electron chi connectivity index (χ0n) is 12.1. The number of carbonyl (C=O) groups excluding carboxylic acids is 1. The van der Waals surface area contributed by atoms with E-state index in [1.54, 1.807) is 4.90 Å². The van der Waals surface area contributed by atoms with Gasteiger partial charge in [0, 0.05) is 19.7 Å². The summed E-state index contributed by atoms with van der Waals surface area (Å²) in [6.45, 7) is 3.80. The van der Waals surface area contributed by atoms with Crippen LogP contribution in [0, 0.1) is 5.82 Å². The normalized spacial score (nSPS) is 18.3. The lowest BCUT2D eigenvalue weighted by Crippen LogP contribution is -2.41. The molecule has 1 aromatic carbocycles. The van der Waals surface area contributed by atoms with Crippen LogP contribution in [0.5, 0.6) is 0 Å². The van der Waals surface area contributed by atoms with Crippen molar-refractivity contribution in [1.82, 2.24) is 4.90 Å². The molecule has 1 unspecified atom stereocenters. The molecule has 1 N–H and O–H groups in total. The number of nitrogens with one attached hydrogen (secondary N) is 1. The van der Waals surface area contributed by atoms with E-state index in [2.05, 4.69) is 5.32 Å². The largest absolute Gasteiger partial charge is 0.376 e. The average molecular weight is 315 g/mol. The first-order chi connectivity index (χ1) is 10.1. The van der Waals surface area contributed by atoms with Gasteiger partial charge in [-0.25, -0.2) is 9.18 Å². The second-order valence-electron chi connectivity index (χ2n) is 5.08. The monoisotopic (exact) mass is 314 g/mol. The molecule has 21 heavy (non-hydrogen) atoms. The van der Waals surface area contributed by atoms with E-state index in [1.165, 1.54) is 18.2 Å². The van der Waals surface area contributed by atoms with Crippen molar-refractivity contribution in [2.45, 2.75) is 32.3 Å². The lowest BCUT2D eigenvalue weighted by Gasteiger charge is -2.29. The van der Waals surface area contributed by atoms with Gasteiger partial charge in [-0.15, -0.1) is 0 Å². The number of benzene rings is 1. The summed E-state index contributed by atoms with van der Waals surface area (Å²) in [6.07, 6.45) is 3.28. The molecule has 1 aromatic rings. The number of carbonyl (C=O) groups is 1. The molecule has 1 saturated heterocycles. The number of hydrogen-bond donors (Lipinski definition) is 1. The highest BCUT2D eigenvalue weighted by atomic mass is 35.5. The number of amides is 2. The Morgan fingerprint density at radius 2 is 2.33 bits per heavy atom. The van der Waals surface area contributed by atoms with Crippen molar-refractivity contribution in [2.24, 2.45) is 0 Å². The molecule has 0 aliphatic carbocycles. The van der Waals surface area contributed by atoms with Gasteiger partial charge in [-0.2, -0.15) is 0 Å². The molecule has 0 radical (unpaired) electrons. The average Bonchev–Trinajstić information content (AvgIpc) is 2.48. The van der Waals surface area contributed by atoms with Crippen LogP contribution in [0.25, 0.3) is 0 Å². The predicted molar refractivity (Wildman–Crippen MR) is 81.3 cm³/mol. The molecular formula is C15H20ClFN2O2. The highest BCUT2D eigenvalue weighted by Crippen LogP contribution is 2.23. The third-order valence-electron chi connectivity index (χ3n) is 3.54. The predicted octanol–water partition coefficient (Wildman–Crippen LogP) is 3.90. The van der Waals surface area contributed by atoms with Gasteiger partial charge >= 0.3 is 6.03 Å². The van der Waals surface area contributed by atoms with Gasteiger partial charge in [-0.05, 0) is 44.4 Å². The fourth-order valence-corrected chi connectivity index (χ4v) is 2.55. The minimum absolute atomic E-state index is 0.0909. The van der Waals surface area contributed by atoms with Crippen LogP contribution in [0.1, 0.15) is 26.2 Å². The number of urea groups is 1. The van der Waals surface area contributed by atoms with Crippen LogP contribution in [0.2, 0.25) is 5.02 Å².